The molecule has 4 rings (SSSR count). The van der Waals surface area contributed by atoms with Crippen molar-refractivity contribution in [2.24, 2.45) is 0 Å². The van der Waals surface area contributed by atoms with Gasteiger partial charge in [0.1, 0.15) is 5.75 Å². The van der Waals surface area contributed by atoms with Gasteiger partial charge in [0.25, 0.3) is 5.91 Å². The van der Waals surface area contributed by atoms with E-state index < -0.39 is 6.04 Å². The van der Waals surface area contributed by atoms with Crippen molar-refractivity contribution in [3.05, 3.63) is 41.1 Å². The van der Waals surface area contributed by atoms with Crippen molar-refractivity contribution in [3.8, 4) is 5.75 Å². The summed E-state index contributed by atoms with van der Waals surface area (Å²) in [6.07, 6.45) is 2.47. The van der Waals surface area contributed by atoms with Gasteiger partial charge in [0.05, 0.1) is 31.0 Å². The highest BCUT2D eigenvalue weighted by atomic mass is 16.5. The van der Waals surface area contributed by atoms with E-state index in [9.17, 15) is 9.59 Å². The average molecular weight is 356 g/mol. The Morgan fingerprint density at radius 3 is 2.77 bits per heavy atom. The van der Waals surface area contributed by atoms with Crippen molar-refractivity contribution in [1.29, 1.82) is 0 Å². The molecule has 1 fully saturated rings. The third-order valence-corrected chi connectivity index (χ3v) is 5.33. The van der Waals surface area contributed by atoms with Crippen molar-refractivity contribution >= 4 is 11.9 Å². The first kappa shape index (κ1) is 16.9. The number of carbonyl (C=O) groups is 2. The van der Waals surface area contributed by atoms with Gasteiger partial charge in [0, 0.05) is 13.1 Å². The molecular formula is C19H24N4O3. The van der Waals surface area contributed by atoms with Crippen LogP contribution in [0.4, 0.5) is 4.79 Å². The number of nitrogens with zero attached hydrogens (tertiary/aromatic N) is 2. The smallest absolute Gasteiger partial charge is 0.319 e. The minimum Gasteiger partial charge on any atom is -0.497 e. The van der Waals surface area contributed by atoms with Crippen molar-refractivity contribution in [2.45, 2.75) is 18.9 Å². The number of ether oxygens (including phenoxy) is 1. The van der Waals surface area contributed by atoms with Gasteiger partial charge in [-0.15, -0.1) is 0 Å². The van der Waals surface area contributed by atoms with Gasteiger partial charge in [-0.1, -0.05) is 12.1 Å². The second kappa shape index (κ2) is 6.99. The van der Waals surface area contributed by atoms with Gasteiger partial charge < -0.3 is 25.2 Å². The largest absolute Gasteiger partial charge is 0.497 e. The summed E-state index contributed by atoms with van der Waals surface area (Å²) in [7, 11) is 1.60. The molecule has 1 aromatic rings. The number of rotatable bonds is 5. The van der Waals surface area contributed by atoms with Crippen LogP contribution in [0.5, 0.6) is 5.75 Å². The number of methoxy groups -OCH3 is 1. The number of amides is 3. The SMILES string of the molecule is COc1cccc(C2NC(=O)NC3=C2C(=O)N(CCN2CCCC2)C3)c1. The maximum atomic E-state index is 13.0. The van der Waals surface area contributed by atoms with Crippen LogP contribution in [0, 0.1) is 0 Å². The lowest BCUT2D eigenvalue weighted by Gasteiger charge is -2.26. The molecule has 3 aliphatic rings. The second-order valence-corrected chi connectivity index (χ2v) is 6.98. The quantitative estimate of drug-likeness (QED) is 0.833. The highest BCUT2D eigenvalue weighted by molar-refractivity contribution is 6.01. The monoisotopic (exact) mass is 356 g/mol. The van der Waals surface area contributed by atoms with Crippen molar-refractivity contribution in [1.82, 2.24) is 20.4 Å². The van der Waals surface area contributed by atoms with Crippen LogP contribution in [0.25, 0.3) is 0 Å². The summed E-state index contributed by atoms with van der Waals surface area (Å²) in [4.78, 5) is 29.3. The van der Waals surface area contributed by atoms with Gasteiger partial charge in [0.2, 0.25) is 0 Å². The zero-order valence-corrected chi connectivity index (χ0v) is 15.0. The van der Waals surface area contributed by atoms with E-state index in [1.165, 1.54) is 12.8 Å². The van der Waals surface area contributed by atoms with E-state index in [4.69, 9.17) is 4.74 Å². The van der Waals surface area contributed by atoms with Crippen molar-refractivity contribution in [3.63, 3.8) is 0 Å². The molecule has 1 aromatic carbocycles. The summed E-state index contributed by atoms with van der Waals surface area (Å²) in [5.74, 6) is 0.702. The van der Waals surface area contributed by atoms with Crippen LogP contribution in [0.2, 0.25) is 0 Å². The Morgan fingerprint density at radius 1 is 1.19 bits per heavy atom. The Morgan fingerprint density at radius 2 is 2.00 bits per heavy atom. The molecule has 26 heavy (non-hydrogen) atoms. The zero-order valence-electron chi connectivity index (χ0n) is 15.0. The first-order valence-corrected chi connectivity index (χ1v) is 9.12. The predicted molar refractivity (Wildman–Crippen MR) is 96.7 cm³/mol. The van der Waals surface area contributed by atoms with Gasteiger partial charge in [-0.2, -0.15) is 0 Å². The van der Waals surface area contributed by atoms with Crippen LogP contribution in [-0.2, 0) is 4.79 Å². The van der Waals surface area contributed by atoms with Crippen LogP contribution in [0.1, 0.15) is 24.4 Å². The molecule has 1 unspecified atom stereocenters. The molecule has 0 bridgehead atoms. The van der Waals surface area contributed by atoms with E-state index in [1.54, 1.807) is 7.11 Å². The average Bonchev–Trinajstić information content (AvgIpc) is 3.27. The molecule has 0 saturated carbocycles. The molecule has 7 heteroatoms. The highest BCUT2D eigenvalue weighted by Gasteiger charge is 2.40. The minimum atomic E-state index is -0.446. The molecule has 2 N–H and O–H groups in total. The maximum Gasteiger partial charge on any atom is 0.319 e. The normalized spacial score (nSPS) is 23.1. The first-order valence-electron chi connectivity index (χ1n) is 9.12. The fraction of sp³-hybridized carbons (Fsp3) is 0.474. The molecule has 3 amide bonds. The molecule has 7 nitrogen and oxygen atoms in total. The third-order valence-electron chi connectivity index (χ3n) is 5.33. The molecule has 0 radical (unpaired) electrons. The fourth-order valence-electron chi connectivity index (χ4n) is 3.95. The Balaban J connectivity index is 1.54. The molecule has 0 aromatic heterocycles. The Kier molecular flexibility index (Phi) is 4.55. The number of nitrogens with one attached hydrogen (secondary N) is 2. The Labute approximate surface area is 153 Å². The maximum absolute atomic E-state index is 13.0. The number of benzene rings is 1. The summed E-state index contributed by atoms with van der Waals surface area (Å²) >= 11 is 0. The topological polar surface area (TPSA) is 73.9 Å². The van der Waals surface area contributed by atoms with E-state index >= 15 is 0 Å². The lowest BCUT2D eigenvalue weighted by molar-refractivity contribution is -0.126. The van der Waals surface area contributed by atoms with Gasteiger partial charge in [-0.3, -0.25) is 4.79 Å². The molecule has 3 heterocycles. The number of hydrogen-bond acceptors (Lipinski definition) is 4. The summed E-state index contributed by atoms with van der Waals surface area (Å²) in [6, 6.07) is 6.77. The zero-order chi connectivity index (χ0) is 18.1. The summed E-state index contributed by atoms with van der Waals surface area (Å²) in [6.45, 7) is 4.26. The van der Waals surface area contributed by atoms with Crippen molar-refractivity contribution < 1.29 is 14.3 Å². The molecule has 3 aliphatic heterocycles. The van der Waals surface area contributed by atoms with E-state index in [0.717, 1.165) is 25.2 Å². The molecule has 1 atom stereocenters. The standard InChI is InChI=1S/C19H24N4O3/c1-26-14-6-4-5-13(11-14)17-16-15(20-19(25)21-17)12-23(18(16)24)10-9-22-7-2-3-8-22/h4-6,11,17H,2-3,7-10,12H2,1H3,(H2,20,21,25). The number of urea groups is 1. The Bertz CT molecular complexity index is 755. The van der Waals surface area contributed by atoms with Crippen LogP contribution in [-0.4, -0.2) is 61.6 Å². The van der Waals surface area contributed by atoms with Gasteiger partial charge >= 0.3 is 6.03 Å². The molecule has 0 aliphatic carbocycles. The number of likely N-dealkylation sites (tertiary alicyclic amines) is 1. The summed E-state index contributed by atoms with van der Waals surface area (Å²) in [5.41, 5.74) is 2.20. The fourth-order valence-corrected chi connectivity index (χ4v) is 3.95. The van der Waals surface area contributed by atoms with Crippen LogP contribution in [0.15, 0.2) is 35.5 Å². The van der Waals surface area contributed by atoms with Crippen LogP contribution < -0.4 is 15.4 Å². The predicted octanol–water partition coefficient (Wildman–Crippen LogP) is 1.24. The van der Waals surface area contributed by atoms with E-state index in [0.29, 0.717) is 30.1 Å². The number of carbonyl (C=O) groups excluding carboxylic acids is 2. The van der Waals surface area contributed by atoms with Crippen LogP contribution in [0.3, 0.4) is 0 Å². The van der Waals surface area contributed by atoms with Gasteiger partial charge in [-0.05, 0) is 43.6 Å². The Hall–Kier alpha value is -2.54. The number of hydrogen-bond donors (Lipinski definition) is 2. The highest BCUT2D eigenvalue weighted by Crippen LogP contribution is 2.33. The third kappa shape index (κ3) is 3.14. The molecule has 138 valence electrons. The summed E-state index contributed by atoms with van der Waals surface area (Å²) in [5, 5.41) is 5.70. The molecular weight excluding hydrogens is 332 g/mol. The lowest BCUT2D eigenvalue weighted by atomic mass is 9.96. The van der Waals surface area contributed by atoms with E-state index in [1.807, 2.05) is 29.2 Å². The van der Waals surface area contributed by atoms with Crippen LogP contribution >= 0.6 is 0 Å². The van der Waals surface area contributed by atoms with Gasteiger partial charge in [-0.25, -0.2) is 4.79 Å². The second-order valence-electron chi connectivity index (χ2n) is 6.98. The van der Waals surface area contributed by atoms with E-state index in [-0.39, 0.29) is 11.9 Å². The van der Waals surface area contributed by atoms with Gasteiger partial charge in [0.15, 0.2) is 0 Å². The summed E-state index contributed by atoms with van der Waals surface area (Å²) < 4.78 is 5.28. The lowest BCUT2D eigenvalue weighted by Crippen LogP contribution is -2.44. The molecule has 0 spiro atoms. The van der Waals surface area contributed by atoms with E-state index in [2.05, 4.69) is 15.5 Å². The first-order chi connectivity index (χ1) is 12.7. The van der Waals surface area contributed by atoms with Crippen molar-refractivity contribution in [2.75, 3.05) is 39.8 Å². The molecule has 1 saturated heterocycles. The minimum absolute atomic E-state index is 0.000447.